The first kappa shape index (κ1) is 14.1. The van der Waals surface area contributed by atoms with Gasteiger partial charge in [0.25, 0.3) is 0 Å². The molecule has 1 heterocycles. The molecule has 0 radical (unpaired) electrons. The van der Waals surface area contributed by atoms with Crippen molar-refractivity contribution in [3.63, 3.8) is 0 Å². The van der Waals surface area contributed by atoms with Crippen LogP contribution >= 0.6 is 0 Å². The predicted molar refractivity (Wildman–Crippen MR) is 68.6 cm³/mol. The third-order valence-electron chi connectivity index (χ3n) is 3.81. The Kier molecular flexibility index (Phi) is 3.28. The van der Waals surface area contributed by atoms with Crippen molar-refractivity contribution in [2.75, 3.05) is 0 Å². The quantitative estimate of drug-likeness (QED) is 0.791. The van der Waals surface area contributed by atoms with Gasteiger partial charge in [-0.25, -0.2) is 4.39 Å². The van der Waals surface area contributed by atoms with Crippen LogP contribution < -0.4 is 0 Å². The van der Waals surface area contributed by atoms with Gasteiger partial charge < -0.3 is 9.67 Å². The van der Waals surface area contributed by atoms with E-state index in [1.807, 2.05) is 0 Å². The van der Waals surface area contributed by atoms with Gasteiger partial charge in [-0.3, -0.25) is 0 Å². The zero-order valence-corrected chi connectivity index (χ0v) is 11.0. The van der Waals surface area contributed by atoms with Crippen molar-refractivity contribution in [3.8, 4) is 5.69 Å². The fourth-order valence-electron chi connectivity index (χ4n) is 2.77. The van der Waals surface area contributed by atoms with Crippen molar-refractivity contribution in [3.05, 3.63) is 53.1 Å². The van der Waals surface area contributed by atoms with Gasteiger partial charge in [0.15, 0.2) is 0 Å². The SMILES string of the molecule is OC1CCCc2c1ccn2-c1cc(C(F)(F)F)ccc1F. The number of fused-ring (bicyclic) bond motifs is 1. The molecule has 0 bridgehead atoms. The summed E-state index contributed by atoms with van der Waals surface area (Å²) in [6.45, 7) is 0. The van der Waals surface area contributed by atoms with Crippen LogP contribution in [0.5, 0.6) is 0 Å². The van der Waals surface area contributed by atoms with Crippen LogP contribution in [0.3, 0.4) is 0 Å². The number of aliphatic hydroxyl groups excluding tert-OH is 1. The second kappa shape index (κ2) is 4.87. The minimum atomic E-state index is -4.52. The largest absolute Gasteiger partial charge is 0.416 e. The van der Waals surface area contributed by atoms with Crippen molar-refractivity contribution in [1.82, 2.24) is 4.57 Å². The Balaban J connectivity index is 2.13. The Hall–Kier alpha value is -1.82. The van der Waals surface area contributed by atoms with Gasteiger partial charge in [0.2, 0.25) is 0 Å². The molecular weight excluding hydrogens is 286 g/mol. The number of aromatic nitrogens is 1. The van der Waals surface area contributed by atoms with Crippen LogP contribution in [0.15, 0.2) is 30.5 Å². The summed E-state index contributed by atoms with van der Waals surface area (Å²) in [5.74, 6) is -0.721. The molecule has 1 aliphatic carbocycles. The van der Waals surface area contributed by atoms with Crippen LogP contribution in [0.4, 0.5) is 17.6 Å². The van der Waals surface area contributed by atoms with E-state index in [-0.39, 0.29) is 5.69 Å². The summed E-state index contributed by atoms with van der Waals surface area (Å²) in [6.07, 6.45) is -1.70. The monoisotopic (exact) mass is 299 g/mol. The van der Waals surface area contributed by atoms with E-state index in [1.165, 1.54) is 10.8 Å². The summed E-state index contributed by atoms with van der Waals surface area (Å²) >= 11 is 0. The molecule has 1 aliphatic rings. The highest BCUT2D eigenvalue weighted by Crippen LogP contribution is 2.35. The van der Waals surface area contributed by atoms with Crippen LogP contribution in [0.2, 0.25) is 0 Å². The summed E-state index contributed by atoms with van der Waals surface area (Å²) in [6, 6.07) is 3.99. The summed E-state index contributed by atoms with van der Waals surface area (Å²) < 4.78 is 53.7. The molecule has 0 aliphatic heterocycles. The zero-order chi connectivity index (χ0) is 15.2. The molecule has 1 aromatic carbocycles. The molecule has 6 heteroatoms. The first-order valence-corrected chi connectivity index (χ1v) is 6.63. The molecular formula is C15H13F4NO. The maximum Gasteiger partial charge on any atom is 0.416 e. The second-order valence-corrected chi connectivity index (χ2v) is 5.16. The Bertz CT molecular complexity index is 675. The lowest BCUT2D eigenvalue weighted by molar-refractivity contribution is -0.137. The molecule has 3 rings (SSSR count). The average Bonchev–Trinajstić information content (AvgIpc) is 2.83. The topological polar surface area (TPSA) is 25.2 Å². The van der Waals surface area contributed by atoms with Gasteiger partial charge in [-0.15, -0.1) is 0 Å². The van der Waals surface area contributed by atoms with Crippen molar-refractivity contribution >= 4 is 0 Å². The minimum Gasteiger partial charge on any atom is -0.388 e. The smallest absolute Gasteiger partial charge is 0.388 e. The number of hydrogen-bond acceptors (Lipinski definition) is 1. The minimum absolute atomic E-state index is 0.139. The van der Waals surface area contributed by atoms with E-state index in [4.69, 9.17) is 0 Å². The third kappa shape index (κ3) is 2.44. The number of hydrogen-bond donors (Lipinski definition) is 1. The Morgan fingerprint density at radius 3 is 2.67 bits per heavy atom. The Morgan fingerprint density at radius 2 is 1.95 bits per heavy atom. The van der Waals surface area contributed by atoms with E-state index in [0.717, 1.165) is 24.6 Å². The van der Waals surface area contributed by atoms with Crippen molar-refractivity contribution in [2.24, 2.45) is 0 Å². The van der Waals surface area contributed by atoms with E-state index in [9.17, 15) is 22.7 Å². The van der Waals surface area contributed by atoms with Crippen LogP contribution in [0.1, 0.15) is 35.8 Å². The second-order valence-electron chi connectivity index (χ2n) is 5.16. The predicted octanol–water partition coefficient (Wildman–Crippen LogP) is 4.00. The van der Waals surface area contributed by atoms with E-state index < -0.39 is 23.7 Å². The molecule has 1 unspecified atom stereocenters. The normalized spacial score (nSPS) is 18.6. The molecule has 2 nitrogen and oxygen atoms in total. The summed E-state index contributed by atoms with van der Waals surface area (Å²) in [7, 11) is 0. The van der Waals surface area contributed by atoms with Crippen molar-refractivity contribution in [1.29, 1.82) is 0 Å². The lowest BCUT2D eigenvalue weighted by atomic mass is 9.95. The van der Waals surface area contributed by atoms with Crippen LogP contribution in [-0.2, 0) is 12.6 Å². The van der Waals surface area contributed by atoms with Crippen LogP contribution in [0.25, 0.3) is 5.69 Å². The Labute approximate surface area is 118 Å². The van der Waals surface area contributed by atoms with Crippen molar-refractivity contribution < 1.29 is 22.7 Å². The molecule has 0 spiro atoms. The average molecular weight is 299 g/mol. The van der Waals surface area contributed by atoms with Gasteiger partial charge in [0, 0.05) is 17.5 Å². The molecule has 2 aromatic rings. The number of alkyl halides is 3. The molecule has 112 valence electrons. The molecule has 0 fully saturated rings. The first-order chi connectivity index (χ1) is 9.88. The van der Waals surface area contributed by atoms with E-state index in [0.29, 0.717) is 24.1 Å². The van der Waals surface area contributed by atoms with Gasteiger partial charge in [0.1, 0.15) is 5.82 Å². The molecule has 1 aromatic heterocycles. The van der Waals surface area contributed by atoms with Gasteiger partial charge >= 0.3 is 6.18 Å². The van der Waals surface area contributed by atoms with Crippen molar-refractivity contribution in [2.45, 2.75) is 31.5 Å². The summed E-state index contributed by atoms with van der Waals surface area (Å²) in [4.78, 5) is 0. The highest BCUT2D eigenvalue weighted by atomic mass is 19.4. The highest BCUT2D eigenvalue weighted by Gasteiger charge is 2.32. The zero-order valence-electron chi connectivity index (χ0n) is 11.0. The molecule has 0 saturated carbocycles. The summed E-state index contributed by atoms with van der Waals surface area (Å²) in [5, 5.41) is 9.89. The number of halogens is 4. The van der Waals surface area contributed by atoms with E-state index in [1.54, 1.807) is 6.07 Å². The van der Waals surface area contributed by atoms with Crippen LogP contribution in [0, 0.1) is 5.82 Å². The molecule has 21 heavy (non-hydrogen) atoms. The lowest BCUT2D eigenvalue weighted by Crippen LogP contribution is -2.13. The van der Waals surface area contributed by atoms with Gasteiger partial charge in [-0.1, -0.05) is 0 Å². The maximum atomic E-state index is 13.9. The first-order valence-electron chi connectivity index (χ1n) is 6.63. The number of rotatable bonds is 1. The fraction of sp³-hybridized carbons (Fsp3) is 0.333. The molecule has 1 N–H and O–H groups in total. The fourth-order valence-corrected chi connectivity index (χ4v) is 2.77. The number of benzene rings is 1. The number of aliphatic hydroxyl groups is 1. The lowest BCUT2D eigenvalue weighted by Gasteiger charge is -2.20. The van der Waals surface area contributed by atoms with Gasteiger partial charge in [-0.05, 0) is 43.5 Å². The molecule has 0 amide bonds. The van der Waals surface area contributed by atoms with Crippen LogP contribution in [-0.4, -0.2) is 9.67 Å². The van der Waals surface area contributed by atoms with Gasteiger partial charge in [0.05, 0.1) is 17.4 Å². The molecule has 1 atom stereocenters. The molecule has 0 saturated heterocycles. The Morgan fingerprint density at radius 1 is 1.19 bits per heavy atom. The van der Waals surface area contributed by atoms with E-state index >= 15 is 0 Å². The maximum absolute atomic E-state index is 13.9. The standard InChI is InChI=1S/C15H13F4NO/c16-11-5-4-9(15(17,18)19)8-13(11)20-7-6-10-12(20)2-1-3-14(10)21/h4-8,14,21H,1-3H2. The van der Waals surface area contributed by atoms with E-state index in [2.05, 4.69) is 0 Å². The van der Waals surface area contributed by atoms with Gasteiger partial charge in [-0.2, -0.15) is 13.2 Å². The summed E-state index contributed by atoms with van der Waals surface area (Å²) in [5.41, 5.74) is 0.308. The highest BCUT2D eigenvalue weighted by molar-refractivity contribution is 5.43. The third-order valence-corrected chi connectivity index (χ3v) is 3.81. The number of nitrogens with zero attached hydrogens (tertiary/aromatic N) is 1.